The molecule has 1 aliphatic carbocycles. The van der Waals surface area contributed by atoms with Crippen LogP contribution >= 0.6 is 0 Å². The van der Waals surface area contributed by atoms with E-state index in [1.807, 2.05) is 12.1 Å². The van der Waals surface area contributed by atoms with Crippen molar-refractivity contribution in [1.82, 2.24) is 0 Å². The maximum absolute atomic E-state index is 5.94. The predicted octanol–water partition coefficient (Wildman–Crippen LogP) is 3.14. The van der Waals surface area contributed by atoms with Gasteiger partial charge in [-0.1, -0.05) is 30.3 Å². The molecule has 1 nitrogen and oxygen atoms in total. The first kappa shape index (κ1) is 7.86. The Balaban J connectivity index is 2.35. The highest BCUT2D eigenvalue weighted by molar-refractivity contribution is 5.96. The molecule has 1 fully saturated rings. The second kappa shape index (κ2) is 2.74. The smallest absolute Gasteiger partial charge is 0.0393 e. The van der Waals surface area contributed by atoms with E-state index >= 15 is 0 Å². The lowest BCUT2D eigenvalue weighted by atomic mass is 10.00. The van der Waals surface area contributed by atoms with Gasteiger partial charge in [0.15, 0.2) is 0 Å². The first-order valence-electron chi connectivity index (χ1n) is 4.98. The Morgan fingerprint density at radius 1 is 0.857 bits per heavy atom. The van der Waals surface area contributed by atoms with Crippen LogP contribution in [0.2, 0.25) is 0 Å². The number of anilines is 1. The highest BCUT2D eigenvalue weighted by Gasteiger charge is 2.26. The zero-order valence-corrected chi connectivity index (χ0v) is 7.96. The summed E-state index contributed by atoms with van der Waals surface area (Å²) < 4.78 is 0. The van der Waals surface area contributed by atoms with Crippen LogP contribution in [0.1, 0.15) is 18.4 Å². The Kier molecular flexibility index (Phi) is 1.54. The molecule has 3 rings (SSSR count). The summed E-state index contributed by atoms with van der Waals surface area (Å²) in [4.78, 5) is 0. The van der Waals surface area contributed by atoms with Crippen LogP contribution in [0.5, 0.6) is 0 Å². The molecule has 1 heteroatoms. The monoisotopic (exact) mass is 182 g/mol. The lowest BCUT2D eigenvalue weighted by Crippen LogP contribution is -1.90. The zero-order valence-electron chi connectivity index (χ0n) is 7.96. The summed E-state index contributed by atoms with van der Waals surface area (Å²) in [7, 11) is 0. The standard InChI is InChI=1S/C13H12N/c14-13-8-7-10(9-5-6-9)11-3-1-2-4-12(11)13/h1-4,7-8H,5-6,14H2. The number of hydrogen-bond donors (Lipinski definition) is 1. The van der Waals surface area contributed by atoms with Crippen molar-refractivity contribution in [2.75, 3.05) is 5.73 Å². The van der Waals surface area contributed by atoms with Crippen LogP contribution in [0, 0.1) is 5.92 Å². The van der Waals surface area contributed by atoms with Gasteiger partial charge in [-0.3, -0.25) is 0 Å². The van der Waals surface area contributed by atoms with Crippen molar-refractivity contribution < 1.29 is 0 Å². The molecular weight excluding hydrogens is 170 g/mol. The topological polar surface area (TPSA) is 26.0 Å². The summed E-state index contributed by atoms with van der Waals surface area (Å²) >= 11 is 0. The van der Waals surface area contributed by atoms with Gasteiger partial charge in [-0.25, -0.2) is 0 Å². The Hall–Kier alpha value is -1.50. The third-order valence-electron chi connectivity index (χ3n) is 2.84. The zero-order chi connectivity index (χ0) is 9.54. The molecule has 0 aliphatic heterocycles. The van der Waals surface area contributed by atoms with Crippen molar-refractivity contribution in [2.45, 2.75) is 12.8 Å². The minimum absolute atomic E-state index is 0.880. The van der Waals surface area contributed by atoms with Crippen molar-refractivity contribution >= 4 is 16.5 Å². The molecule has 0 spiro atoms. The van der Waals surface area contributed by atoms with Crippen LogP contribution in [-0.4, -0.2) is 0 Å². The van der Waals surface area contributed by atoms with Crippen molar-refractivity contribution in [1.29, 1.82) is 0 Å². The Labute approximate surface area is 83.5 Å². The van der Waals surface area contributed by atoms with Crippen LogP contribution in [-0.2, 0) is 0 Å². The summed E-state index contributed by atoms with van der Waals surface area (Å²) in [5, 5.41) is 2.49. The van der Waals surface area contributed by atoms with Gasteiger partial charge in [0.25, 0.3) is 0 Å². The lowest BCUT2D eigenvalue weighted by molar-refractivity contribution is 1.45. The quantitative estimate of drug-likeness (QED) is 0.674. The number of fused-ring (bicyclic) bond motifs is 1. The summed E-state index contributed by atoms with van der Waals surface area (Å²) in [6, 6.07) is 12.5. The second-order valence-corrected chi connectivity index (χ2v) is 3.85. The Morgan fingerprint density at radius 3 is 2.29 bits per heavy atom. The van der Waals surface area contributed by atoms with Crippen LogP contribution in [0.15, 0.2) is 36.4 Å². The average Bonchev–Trinajstić information content (AvgIpc) is 3.03. The fourth-order valence-electron chi connectivity index (χ4n) is 1.96. The molecule has 0 bridgehead atoms. The Morgan fingerprint density at radius 2 is 1.57 bits per heavy atom. The molecule has 0 atom stereocenters. The normalized spacial score (nSPS) is 16.0. The number of benzene rings is 2. The predicted molar refractivity (Wildman–Crippen MR) is 59.9 cm³/mol. The Bertz CT molecular complexity index is 484. The van der Waals surface area contributed by atoms with Gasteiger partial charge in [0.05, 0.1) is 0 Å². The molecule has 69 valence electrons. The van der Waals surface area contributed by atoms with E-state index in [2.05, 4.69) is 24.3 Å². The van der Waals surface area contributed by atoms with E-state index in [-0.39, 0.29) is 0 Å². The minimum atomic E-state index is 0.880. The van der Waals surface area contributed by atoms with Gasteiger partial charge in [0.1, 0.15) is 0 Å². The van der Waals surface area contributed by atoms with Gasteiger partial charge in [0, 0.05) is 17.0 Å². The first-order chi connectivity index (χ1) is 6.86. The molecule has 1 aliphatic rings. The average molecular weight is 182 g/mol. The summed E-state index contributed by atoms with van der Waals surface area (Å²) in [5.74, 6) is 1.57. The number of nitrogen functional groups attached to an aromatic ring is 1. The van der Waals surface area contributed by atoms with E-state index in [4.69, 9.17) is 5.73 Å². The summed E-state index contributed by atoms with van der Waals surface area (Å²) in [6.07, 6.45) is 2.52. The van der Waals surface area contributed by atoms with E-state index in [1.54, 1.807) is 5.92 Å². The summed E-state index contributed by atoms with van der Waals surface area (Å²) in [5.41, 5.74) is 8.21. The van der Waals surface area contributed by atoms with Crippen molar-refractivity contribution in [3.8, 4) is 0 Å². The molecule has 0 aromatic heterocycles. The van der Waals surface area contributed by atoms with Crippen molar-refractivity contribution in [3.63, 3.8) is 0 Å². The van der Waals surface area contributed by atoms with Gasteiger partial charge >= 0.3 is 0 Å². The van der Waals surface area contributed by atoms with Gasteiger partial charge in [-0.05, 0) is 29.9 Å². The molecule has 2 aromatic rings. The van der Waals surface area contributed by atoms with Crippen LogP contribution in [0.25, 0.3) is 10.8 Å². The fourth-order valence-corrected chi connectivity index (χ4v) is 1.96. The maximum Gasteiger partial charge on any atom is 0.0393 e. The maximum atomic E-state index is 5.94. The summed E-state index contributed by atoms with van der Waals surface area (Å²) in [6.45, 7) is 0. The van der Waals surface area contributed by atoms with E-state index in [0.29, 0.717) is 0 Å². The van der Waals surface area contributed by atoms with E-state index in [9.17, 15) is 0 Å². The third-order valence-corrected chi connectivity index (χ3v) is 2.84. The highest BCUT2D eigenvalue weighted by atomic mass is 14.5. The molecule has 0 unspecified atom stereocenters. The molecule has 1 saturated carbocycles. The van der Waals surface area contributed by atoms with Crippen LogP contribution in [0.4, 0.5) is 5.69 Å². The van der Waals surface area contributed by atoms with E-state index < -0.39 is 0 Å². The van der Waals surface area contributed by atoms with Crippen molar-refractivity contribution in [3.05, 3.63) is 47.9 Å². The highest BCUT2D eigenvalue weighted by Crippen LogP contribution is 2.42. The number of rotatable bonds is 1. The molecule has 1 radical (unpaired) electrons. The van der Waals surface area contributed by atoms with Gasteiger partial charge in [-0.15, -0.1) is 0 Å². The molecule has 0 heterocycles. The molecule has 0 saturated heterocycles. The van der Waals surface area contributed by atoms with E-state index in [1.165, 1.54) is 29.2 Å². The molecule has 2 aromatic carbocycles. The minimum Gasteiger partial charge on any atom is -0.398 e. The van der Waals surface area contributed by atoms with Crippen LogP contribution < -0.4 is 5.73 Å². The molecular formula is C13H12N. The lowest BCUT2D eigenvalue weighted by Gasteiger charge is -2.06. The van der Waals surface area contributed by atoms with E-state index in [0.717, 1.165) is 5.69 Å². The van der Waals surface area contributed by atoms with Gasteiger partial charge in [0.2, 0.25) is 0 Å². The first-order valence-corrected chi connectivity index (χ1v) is 4.98. The van der Waals surface area contributed by atoms with Crippen LogP contribution in [0.3, 0.4) is 0 Å². The largest absolute Gasteiger partial charge is 0.398 e. The molecule has 0 amide bonds. The van der Waals surface area contributed by atoms with Gasteiger partial charge < -0.3 is 5.73 Å². The second-order valence-electron chi connectivity index (χ2n) is 3.85. The fraction of sp³-hybridized carbons (Fsp3) is 0.154. The third kappa shape index (κ3) is 1.09. The number of nitrogens with two attached hydrogens (primary N) is 1. The SMILES string of the molecule is Nc1ccc([C]2CC2)c2ccccc12. The number of hydrogen-bond acceptors (Lipinski definition) is 1. The van der Waals surface area contributed by atoms with Crippen molar-refractivity contribution in [2.24, 2.45) is 0 Å². The van der Waals surface area contributed by atoms with Gasteiger partial charge in [-0.2, -0.15) is 0 Å². The molecule has 14 heavy (non-hydrogen) atoms. The molecule has 2 N–H and O–H groups in total.